The van der Waals surface area contributed by atoms with Gasteiger partial charge in [-0.15, -0.1) is 0 Å². The molecule has 4 rings (SSSR count). The van der Waals surface area contributed by atoms with Gasteiger partial charge in [0.1, 0.15) is 0 Å². The van der Waals surface area contributed by atoms with E-state index in [1.807, 2.05) is 60.7 Å². The van der Waals surface area contributed by atoms with E-state index in [-0.39, 0.29) is 11.4 Å². The van der Waals surface area contributed by atoms with Crippen molar-refractivity contribution in [2.45, 2.75) is 0 Å². The first-order chi connectivity index (χ1) is 17.5. The van der Waals surface area contributed by atoms with Crippen LogP contribution in [0.15, 0.2) is 132 Å². The summed E-state index contributed by atoms with van der Waals surface area (Å²) in [6.45, 7) is 0. The maximum absolute atomic E-state index is 11.0. The smallest absolute Gasteiger partial charge is 0.258 e. The molecule has 0 fully saturated rings. The van der Waals surface area contributed by atoms with Crippen molar-refractivity contribution in [3.63, 3.8) is 0 Å². The average molecular weight is 470 g/mol. The highest BCUT2D eigenvalue weighted by Crippen LogP contribution is 2.25. The van der Waals surface area contributed by atoms with Crippen LogP contribution in [-0.2, 0) is 0 Å². The Balaban J connectivity index is 1.91. The van der Waals surface area contributed by atoms with Gasteiger partial charge in [0.25, 0.3) is 11.4 Å². The number of nitro benzene ring substituents is 2. The fourth-order valence-corrected chi connectivity index (χ4v) is 3.52. The number of benzene rings is 4. The Kier molecular flexibility index (Phi) is 7.31. The quantitative estimate of drug-likeness (QED) is 0.170. The van der Waals surface area contributed by atoms with Crippen molar-refractivity contribution < 1.29 is 9.85 Å². The third-order valence-corrected chi connectivity index (χ3v) is 5.30. The summed E-state index contributed by atoms with van der Waals surface area (Å²) in [5, 5.41) is 22.1. The van der Waals surface area contributed by atoms with Gasteiger partial charge in [-0.2, -0.15) is 0 Å². The zero-order chi connectivity index (χ0) is 25.3. The second-order valence-corrected chi connectivity index (χ2v) is 7.59. The lowest BCUT2D eigenvalue weighted by molar-refractivity contribution is -0.385. The topological polar surface area (TPSA) is 86.3 Å². The zero-order valence-electron chi connectivity index (χ0n) is 18.9. The van der Waals surface area contributed by atoms with Gasteiger partial charge < -0.3 is 0 Å². The van der Waals surface area contributed by atoms with Crippen LogP contribution in [0.1, 0.15) is 22.3 Å². The van der Waals surface area contributed by atoms with Crippen LogP contribution in [0.25, 0.3) is 11.1 Å². The van der Waals surface area contributed by atoms with E-state index in [0.717, 1.165) is 22.3 Å². The predicted molar refractivity (Wildman–Crippen MR) is 138 cm³/mol. The van der Waals surface area contributed by atoms with Crippen molar-refractivity contribution in [2.24, 2.45) is 0 Å². The van der Waals surface area contributed by atoms with Crippen molar-refractivity contribution in [1.82, 2.24) is 0 Å². The van der Waals surface area contributed by atoms with Crippen molar-refractivity contribution in [2.75, 3.05) is 0 Å². The van der Waals surface area contributed by atoms with Crippen molar-refractivity contribution in [3.05, 3.63) is 175 Å². The van der Waals surface area contributed by atoms with Crippen LogP contribution in [0.2, 0.25) is 0 Å². The maximum atomic E-state index is 11.0. The number of non-ortho nitro benzene ring substituents is 2. The molecule has 0 N–H and O–H groups in total. The first-order valence-electron chi connectivity index (χ1n) is 10.9. The summed E-state index contributed by atoms with van der Waals surface area (Å²) < 4.78 is 0. The molecule has 0 atom stereocenters. The van der Waals surface area contributed by atoms with Crippen molar-refractivity contribution in [1.29, 1.82) is 0 Å². The van der Waals surface area contributed by atoms with E-state index in [1.165, 1.54) is 24.3 Å². The average Bonchev–Trinajstić information content (AvgIpc) is 2.92. The Bertz CT molecular complexity index is 1460. The molecule has 0 aliphatic carbocycles. The molecular weight excluding hydrogens is 452 g/mol. The van der Waals surface area contributed by atoms with Crippen LogP contribution < -0.4 is 0 Å². The normalized spacial score (nSPS) is 9.67. The summed E-state index contributed by atoms with van der Waals surface area (Å²) in [5.74, 6) is 0. The minimum Gasteiger partial charge on any atom is -0.258 e. The number of rotatable bonds is 6. The molecule has 4 aromatic carbocycles. The second-order valence-electron chi connectivity index (χ2n) is 7.59. The third-order valence-electron chi connectivity index (χ3n) is 5.30. The van der Waals surface area contributed by atoms with E-state index < -0.39 is 9.85 Å². The molecule has 0 spiro atoms. The first kappa shape index (κ1) is 23.7. The fraction of sp³-hybridized carbons (Fsp3) is 0. The van der Waals surface area contributed by atoms with Gasteiger partial charge in [0.05, 0.1) is 9.85 Å². The van der Waals surface area contributed by atoms with E-state index in [9.17, 15) is 20.2 Å². The molecular formula is C30H18N2O4. The number of hydrogen-bond acceptors (Lipinski definition) is 4. The molecule has 0 aliphatic rings. The molecule has 0 amide bonds. The van der Waals surface area contributed by atoms with Crippen LogP contribution in [0.3, 0.4) is 0 Å². The Labute approximate surface area is 207 Å². The minimum absolute atomic E-state index is 0.00381. The Morgan fingerprint density at radius 1 is 0.472 bits per heavy atom. The monoisotopic (exact) mass is 470 g/mol. The first-order valence-corrected chi connectivity index (χ1v) is 10.9. The van der Waals surface area contributed by atoms with E-state index in [2.05, 4.69) is 22.9 Å². The van der Waals surface area contributed by atoms with Crippen LogP contribution in [0.5, 0.6) is 0 Å². The molecule has 0 aromatic heterocycles. The number of nitro groups is 2. The third kappa shape index (κ3) is 5.72. The molecule has 0 saturated heterocycles. The highest BCUT2D eigenvalue weighted by atomic mass is 16.6. The Morgan fingerprint density at radius 3 is 1.08 bits per heavy atom. The molecule has 4 aromatic rings. The summed E-state index contributed by atoms with van der Waals surface area (Å²) >= 11 is 0. The molecule has 0 unspecified atom stereocenters. The molecule has 6 nitrogen and oxygen atoms in total. The number of hydrogen-bond donors (Lipinski definition) is 0. The van der Waals surface area contributed by atoms with Gasteiger partial charge in [-0.1, -0.05) is 72.1 Å². The largest absolute Gasteiger partial charge is 0.269 e. The van der Waals surface area contributed by atoms with Crippen molar-refractivity contribution >= 4 is 22.5 Å². The molecule has 36 heavy (non-hydrogen) atoms. The summed E-state index contributed by atoms with van der Waals surface area (Å²) in [7, 11) is 0. The predicted octanol–water partition coefficient (Wildman–Crippen LogP) is 7.13. The fourth-order valence-electron chi connectivity index (χ4n) is 3.52. The molecule has 0 bridgehead atoms. The molecule has 6 heteroatoms. The standard InChI is InChI=1S/C30H18N2O4/c33-31(34)27-19-15-25(16-20-27)29(23-9-3-1-4-10-23)13-7-8-14-30(24-11-5-2-6-12-24)26-17-21-28(22-18-26)32(35)36/h1-6,9-12,15-22H. The van der Waals surface area contributed by atoms with Gasteiger partial charge >= 0.3 is 0 Å². The SMILES string of the molecule is O=[N+]([O-])c1ccc(C(=C=C=C=C=C(c2ccccc2)c2ccc([N+](=O)[O-])cc2)c2ccccc2)cc1. The lowest BCUT2D eigenvalue weighted by Gasteiger charge is -2.05. The van der Waals surface area contributed by atoms with E-state index in [0.29, 0.717) is 11.1 Å². The maximum Gasteiger partial charge on any atom is 0.269 e. The molecule has 0 heterocycles. The van der Waals surface area contributed by atoms with Gasteiger partial charge in [0.15, 0.2) is 0 Å². The highest BCUT2D eigenvalue weighted by molar-refractivity contribution is 5.80. The summed E-state index contributed by atoms with van der Waals surface area (Å²) in [4.78, 5) is 21.2. The minimum atomic E-state index is -0.442. The number of nitrogens with zero attached hydrogens (tertiary/aromatic N) is 2. The van der Waals surface area contributed by atoms with Crippen molar-refractivity contribution in [3.8, 4) is 0 Å². The lowest BCUT2D eigenvalue weighted by Crippen LogP contribution is -1.90. The van der Waals surface area contributed by atoms with Gasteiger partial charge in [-0.25, -0.2) is 0 Å². The van der Waals surface area contributed by atoms with Crippen LogP contribution >= 0.6 is 0 Å². The van der Waals surface area contributed by atoms with E-state index in [4.69, 9.17) is 0 Å². The zero-order valence-corrected chi connectivity index (χ0v) is 18.9. The molecule has 0 aliphatic heterocycles. The summed E-state index contributed by atoms with van der Waals surface area (Å²) in [6.07, 6.45) is 0. The second kappa shape index (κ2) is 11.1. The van der Waals surface area contributed by atoms with Gasteiger partial charge in [-0.05, 0) is 58.0 Å². The van der Waals surface area contributed by atoms with Gasteiger partial charge in [0.2, 0.25) is 0 Å². The van der Waals surface area contributed by atoms with E-state index >= 15 is 0 Å². The lowest BCUT2D eigenvalue weighted by atomic mass is 9.98. The summed E-state index contributed by atoms with van der Waals surface area (Å²) in [5.41, 5.74) is 16.6. The highest BCUT2D eigenvalue weighted by Gasteiger charge is 2.09. The Hall–Kier alpha value is -5.46. The van der Waals surface area contributed by atoms with Crippen LogP contribution in [0.4, 0.5) is 11.4 Å². The van der Waals surface area contributed by atoms with Crippen LogP contribution in [-0.4, -0.2) is 9.85 Å². The molecule has 172 valence electrons. The van der Waals surface area contributed by atoms with Gasteiger partial charge in [0, 0.05) is 35.4 Å². The molecule has 0 radical (unpaired) electrons. The Morgan fingerprint density at radius 2 is 0.778 bits per heavy atom. The van der Waals surface area contributed by atoms with Crippen LogP contribution in [0, 0.1) is 20.2 Å². The van der Waals surface area contributed by atoms with E-state index in [1.54, 1.807) is 24.3 Å². The van der Waals surface area contributed by atoms with Gasteiger partial charge in [-0.3, -0.25) is 20.2 Å². The molecule has 0 saturated carbocycles. The summed E-state index contributed by atoms with van der Waals surface area (Å²) in [6, 6.07) is 31.5.